The van der Waals surface area contributed by atoms with Gasteiger partial charge in [0.2, 0.25) is 0 Å². The van der Waals surface area contributed by atoms with E-state index in [1.165, 1.54) is 12.1 Å². The van der Waals surface area contributed by atoms with Gasteiger partial charge in [-0.1, -0.05) is 42.5 Å². The van der Waals surface area contributed by atoms with E-state index in [0.29, 0.717) is 47.8 Å². The first-order chi connectivity index (χ1) is 17.8. The second-order valence-electron chi connectivity index (χ2n) is 10.8. The lowest BCUT2D eigenvalue weighted by molar-refractivity contribution is -0.157. The minimum Gasteiger partial charge on any atom is -0.481 e. The second kappa shape index (κ2) is 8.94. The number of carboxylic acids is 1. The van der Waals surface area contributed by atoms with Crippen LogP contribution in [0.25, 0.3) is 22.0 Å². The summed E-state index contributed by atoms with van der Waals surface area (Å²) in [7, 11) is 0. The van der Waals surface area contributed by atoms with Gasteiger partial charge < -0.3 is 9.67 Å². The predicted molar refractivity (Wildman–Crippen MR) is 137 cm³/mol. The number of aromatic nitrogens is 1. The van der Waals surface area contributed by atoms with Gasteiger partial charge in [-0.3, -0.25) is 9.59 Å². The number of halogens is 2. The molecule has 37 heavy (non-hydrogen) atoms. The van der Waals surface area contributed by atoms with Gasteiger partial charge in [0.25, 0.3) is 0 Å². The Hall–Kier alpha value is -3.80. The zero-order valence-corrected chi connectivity index (χ0v) is 20.3. The molecule has 3 aromatic carbocycles. The number of ketones is 1. The van der Waals surface area contributed by atoms with Crippen LogP contribution >= 0.6 is 0 Å². The van der Waals surface area contributed by atoms with E-state index in [-0.39, 0.29) is 28.9 Å². The topological polar surface area (TPSA) is 59.3 Å². The molecule has 2 saturated carbocycles. The average Bonchev–Trinajstić information content (AvgIpc) is 3.24. The summed E-state index contributed by atoms with van der Waals surface area (Å²) in [4.78, 5) is 24.5. The molecule has 0 amide bonds. The van der Waals surface area contributed by atoms with Crippen LogP contribution in [-0.2, 0) is 11.3 Å². The Labute approximate surface area is 213 Å². The third kappa shape index (κ3) is 4.24. The molecule has 2 fully saturated rings. The van der Waals surface area contributed by atoms with Crippen LogP contribution < -0.4 is 0 Å². The number of carboxylic acid groups (broad SMARTS) is 1. The summed E-state index contributed by atoms with van der Waals surface area (Å²) >= 11 is 0. The second-order valence-corrected chi connectivity index (χ2v) is 10.8. The Bertz CT molecular complexity index is 1510. The molecule has 0 bridgehead atoms. The number of hydrogen-bond donors (Lipinski definition) is 1. The van der Waals surface area contributed by atoms with Crippen molar-refractivity contribution in [2.24, 2.45) is 17.3 Å². The van der Waals surface area contributed by atoms with Crippen LogP contribution in [0.4, 0.5) is 8.78 Å². The molecule has 2 aliphatic rings. The molecule has 188 valence electrons. The van der Waals surface area contributed by atoms with Crippen molar-refractivity contribution in [3.63, 3.8) is 0 Å². The molecule has 0 unspecified atom stereocenters. The van der Waals surface area contributed by atoms with Gasteiger partial charge in [-0.2, -0.15) is 0 Å². The highest BCUT2D eigenvalue weighted by Crippen LogP contribution is 2.62. The molecule has 2 aliphatic carbocycles. The first-order valence-electron chi connectivity index (χ1n) is 12.7. The van der Waals surface area contributed by atoms with Crippen LogP contribution in [0.2, 0.25) is 0 Å². The Morgan fingerprint density at radius 3 is 2.38 bits per heavy atom. The van der Waals surface area contributed by atoms with Gasteiger partial charge in [0.15, 0.2) is 5.78 Å². The lowest BCUT2D eigenvalue weighted by atomic mass is 9.47. The zero-order valence-electron chi connectivity index (χ0n) is 20.3. The fourth-order valence-corrected chi connectivity index (χ4v) is 6.53. The summed E-state index contributed by atoms with van der Waals surface area (Å²) in [5.41, 5.74) is 3.13. The molecule has 6 rings (SSSR count). The minimum atomic E-state index is -0.728. The van der Waals surface area contributed by atoms with E-state index in [1.54, 1.807) is 24.4 Å². The largest absolute Gasteiger partial charge is 0.481 e. The number of carbonyl (C=O) groups is 2. The third-order valence-electron chi connectivity index (χ3n) is 8.27. The number of Topliss-reactive ketones (excluding diaryl/α,β-unsaturated/α-hetero) is 1. The minimum absolute atomic E-state index is 0.0375. The SMILES string of the molecule is O=C(CC1CC2(C1)CC(C(=O)O)C2)c1ccc(F)c2ccn(Cc3ccc(-c4ccccc4)c(F)c3)c12. The molecule has 0 aliphatic heterocycles. The molecular formula is C31H27F2NO3. The maximum Gasteiger partial charge on any atom is 0.306 e. The standard InChI is InChI=1S/C31H27F2NO3/c32-26-9-8-25(28(35)13-20-14-31(15-20)16-22(17-31)30(36)37)29-24(26)10-11-34(29)18-19-6-7-23(27(33)12-19)21-4-2-1-3-5-21/h1-12,20,22H,13-18H2,(H,36,37). The van der Waals surface area contributed by atoms with Gasteiger partial charge in [0.05, 0.1) is 11.4 Å². The van der Waals surface area contributed by atoms with Crippen molar-refractivity contribution >= 4 is 22.7 Å². The van der Waals surface area contributed by atoms with Crippen LogP contribution in [0.1, 0.15) is 48.0 Å². The van der Waals surface area contributed by atoms with E-state index >= 15 is 0 Å². The van der Waals surface area contributed by atoms with Gasteiger partial charge in [0, 0.05) is 35.7 Å². The van der Waals surface area contributed by atoms with E-state index in [2.05, 4.69) is 0 Å². The van der Waals surface area contributed by atoms with E-state index in [0.717, 1.165) is 24.0 Å². The molecule has 6 heteroatoms. The maximum atomic E-state index is 14.9. The lowest BCUT2D eigenvalue weighted by Crippen LogP contribution is -2.50. The molecule has 4 aromatic rings. The van der Waals surface area contributed by atoms with Crippen LogP contribution in [0.3, 0.4) is 0 Å². The van der Waals surface area contributed by atoms with E-state index in [9.17, 15) is 18.4 Å². The van der Waals surface area contributed by atoms with Crippen molar-refractivity contribution in [3.05, 3.63) is 95.7 Å². The Morgan fingerprint density at radius 1 is 0.919 bits per heavy atom. The van der Waals surface area contributed by atoms with E-state index in [4.69, 9.17) is 5.11 Å². The van der Waals surface area contributed by atoms with Crippen LogP contribution in [0.15, 0.2) is 72.9 Å². The van der Waals surface area contributed by atoms with Crippen LogP contribution in [0.5, 0.6) is 0 Å². The summed E-state index contributed by atoms with van der Waals surface area (Å²) in [6, 6.07) is 19.0. The van der Waals surface area contributed by atoms with Gasteiger partial charge in [0.1, 0.15) is 11.6 Å². The van der Waals surface area contributed by atoms with Crippen molar-refractivity contribution in [1.29, 1.82) is 0 Å². The number of nitrogens with zero attached hydrogens (tertiary/aromatic N) is 1. The number of benzene rings is 3. The Kier molecular flexibility index (Phi) is 5.70. The van der Waals surface area contributed by atoms with Gasteiger partial charge in [-0.25, -0.2) is 8.78 Å². The number of carbonyl (C=O) groups excluding carboxylic acids is 1. The fourth-order valence-electron chi connectivity index (χ4n) is 6.53. The molecule has 1 spiro atoms. The lowest BCUT2D eigenvalue weighted by Gasteiger charge is -2.56. The number of aliphatic carboxylic acids is 1. The normalized spacial score (nSPS) is 22.5. The predicted octanol–water partition coefficient (Wildman–Crippen LogP) is 7.10. The summed E-state index contributed by atoms with van der Waals surface area (Å²) in [5, 5.41) is 9.53. The van der Waals surface area contributed by atoms with Crippen LogP contribution in [-0.4, -0.2) is 21.4 Å². The van der Waals surface area contributed by atoms with Crippen molar-refractivity contribution < 1.29 is 23.5 Å². The Morgan fingerprint density at radius 2 is 1.68 bits per heavy atom. The molecular weight excluding hydrogens is 472 g/mol. The highest BCUT2D eigenvalue weighted by atomic mass is 19.1. The average molecular weight is 500 g/mol. The fraction of sp³-hybridized carbons (Fsp3) is 0.290. The summed E-state index contributed by atoms with van der Waals surface area (Å²) in [6.45, 7) is 0.308. The number of hydrogen-bond acceptors (Lipinski definition) is 2. The maximum absolute atomic E-state index is 14.9. The first-order valence-corrected chi connectivity index (χ1v) is 12.7. The monoisotopic (exact) mass is 499 g/mol. The van der Waals surface area contributed by atoms with E-state index < -0.39 is 11.8 Å². The summed E-state index contributed by atoms with van der Waals surface area (Å²) in [5.74, 6) is -1.51. The first kappa shape index (κ1) is 23.6. The molecule has 1 N–H and O–H groups in total. The van der Waals surface area contributed by atoms with Gasteiger partial charge in [-0.05, 0) is 72.4 Å². The molecule has 0 atom stereocenters. The molecule has 1 heterocycles. The zero-order chi connectivity index (χ0) is 25.7. The van der Waals surface area contributed by atoms with Crippen molar-refractivity contribution in [1.82, 2.24) is 4.57 Å². The van der Waals surface area contributed by atoms with Gasteiger partial charge in [-0.15, -0.1) is 0 Å². The summed E-state index contributed by atoms with van der Waals surface area (Å²) in [6.07, 6.45) is 5.27. The third-order valence-corrected chi connectivity index (χ3v) is 8.27. The van der Waals surface area contributed by atoms with Gasteiger partial charge >= 0.3 is 5.97 Å². The number of rotatable bonds is 7. The molecule has 0 radical (unpaired) electrons. The molecule has 0 saturated heterocycles. The van der Waals surface area contributed by atoms with Crippen molar-refractivity contribution in [2.45, 2.75) is 38.6 Å². The smallest absolute Gasteiger partial charge is 0.306 e. The molecule has 1 aromatic heterocycles. The summed E-state index contributed by atoms with van der Waals surface area (Å²) < 4.78 is 31.4. The quantitative estimate of drug-likeness (QED) is 0.276. The highest BCUT2D eigenvalue weighted by molar-refractivity contribution is 6.07. The number of fused-ring (bicyclic) bond motifs is 1. The van der Waals surface area contributed by atoms with E-state index in [1.807, 2.05) is 41.0 Å². The highest BCUT2D eigenvalue weighted by Gasteiger charge is 2.54. The van der Waals surface area contributed by atoms with Crippen LogP contribution in [0, 0.1) is 28.9 Å². The Balaban J connectivity index is 1.22. The molecule has 4 nitrogen and oxygen atoms in total. The van der Waals surface area contributed by atoms with Crippen molar-refractivity contribution in [2.75, 3.05) is 0 Å². The van der Waals surface area contributed by atoms with Crippen molar-refractivity contribution in [3.8, 4) is 11.1 Å².